The van der Waals surface area contributed by atoms with Gasteiger partial charge < -0.3 is 5.32 Å². The van der Waals surface area contributed by atoms with Crippen LogP contribution in [0.2, 0.25) is 0 Å². The van der Waals surface area contributed by atoms with E-state index in [9.17, 15) is 4.79 Å². The number of carbonyl (C=O) groups excluding carboxylic acids is 1. The Bertz CT molecular complexity index is 609. The number of rotatable bonds is 7. The van der Waals surface area contributed by atoms with Gasteiger partial charge in [-0.2, -0.15) is 0 Å². The largest absolute Gasteiger partial charge is 0.353 e. The van der Waals surface area contributed by atoms with E-state index in [1.807, 2.05) is 0 Å². The van der Waals surface area contributed by atoms with Gasteiger partial charge in [-0.1, -0.05) is 30.3 Å². The van der Waals surface area contributed by atoms with Crippen molar-refractivity contribution < 1.29 is 4.79 Å². The molecule has 1 N–H and O–H groups in total. The summed E-state index contributed by atoms with van der Waals surface area (Å²) in [6.07, 6.45) is 1.44. The van der Waals surface area contributed by atoms with Crippen LogP contribution in [0.5, 0.6) is 0 Å². The van der Waals surface area contributed by atoms with Gasteiger partial charge in [0.1, 0.15) is 12.9 Å². The van der Waals surface area contributed by atoms with Crippen LogP contribution in [0.4, 0.5) is 0 Å². The van der Waals surface area contributed by atoms with Crippen LogP contribution in [-0.2, 0) is 17.9 Å². The topological polar surface area (TPSA) is 79.2 Å². The highest BCUT2D eigenvalue weighted by Crippen LogP contribution is 2.07. The molecular weight excluding hydrogens is 306 g/mol. The Morgan fingerprint density at radius 3 is 2.54 bits per heavy atom. The highest BCUT2D eigenvalue weighted by Gasteiger charge is 2.16. The van der Waals surface area contributed by atoms with Crippen molar-refractivity contribution in [1.29, 1.82) is 0 Å². The molecular formula is C16H23N7O. The zero-order valence-electron chi connectivity index (χ0n) is 13.7. The molecule has 0 unspecified atom stereocenters. The lowest BCUT2D eigenvalue weighted by molar-refractivity contribution is -0.121. The first-order chi connectivity index (χ1) is 11.8. The standard InChI is InChI=1S/C16H23N7O/c24-16(13-23-14-18-19-20-23)17-6-7-21-8-10-22(11-9-21)12-15-4-2-1-3-5-15/h1-5,14H,6-13H2,(H,17,24). The Morgan fingerprint density at radius 1 is 1.08 bits per heavy atom. The van der Waals surface area contributed by atoms with E-state index in [2.05, 4.69) is 61.0 Å². The molecule has 1 aliphatic rings. The molecule has 128 valence electrons. The maximum atomic E-state index is 11.8. The van der Waals surface area contributed by atoms with Gasteiger partial charge in [0.25, 0.3) is 0 Å². The predicted octanol–water partition coefficient (Wildman–Crippen LogP) is -0.393. The van der Waals surface area contributed by atoms with Gasteiger partial charge in [-0.05, 0) is 16.0 Å². The molecule has 0 bridgehead atoms. The van der Waals surface area contributed by atoms with Crippen molar-refractivity contribution >= 4 is 5.91 Å². The first-order valence-corrected chi connectivity index (χ1v) is 8.26. The maximum Gasteiger partial charge on any atom is 0.241 e. The molecule has 8 nitrogen and oxygen atoms in total. The van der Waals surface area contributed by atoms with Crippen LogP contribution in [0.15, 0.2) is 36.7 Å². The predicted molar refractivity (Wildman–Crippen MR) is 89.0 cm³/mol. The van der Waals surface area contributed by atoms with Crippen molar-refractivity contribution in [3.63, 3.8) is 0 Å². The molecule has 1 aromatic carbocycles. The number of hydrogen-bond donors (Lipinski definition) is 1. The highest BCUT2D eigenvalue weighted by molar-refractivity contribution is 5.75. The van der Waals surface area contributed by atoms with E-state index in [1.165, 1.54) is 16.6 Å². The van der Waals surface area contributed by atoms with Crippen molar-refractivity contribution in [3.05, 3.63) is 42.2 Å². The number of hydrogen-bond acceptors (Lipinski definition) is 6. The lowest BCUT2D eigenvalue weighted by atomic mass is 10.2. The van der Waals surface area contributed by atoms with Gasteiger partial charge in [-0.15, -0.1) is 5.10 Å². The van der Waals surface area contributed by atoms with Crippen molar-refractivity contribution in [2.24, 2.45) is 0 Å². The average Bonchev–Trinajstić information content (AvgIpc) is 3.10. The fourth-order valence-electron chi connectivity index (χ4n) is 2.82. The summed E-state index contributed by atoms with van der Waals surface area (Å²) in [6.45, 7) is 6.90. The lowest BCUT2D eigenvalue weighted by Crippen LogP contribution is -2.48. The Morgan fingerprint density at radius 2 is 1.83 bits per heavy atom. The van der Waals surface area contributed by atoms with E-state index in [0.717, 1.165) is 39.3 Å². The van der Waals surface area contributed by atoms with Crippen LogP contribution in [-0.4, -0.2) is 75.2 Å². The molecule has 24 heavy (non-hydrogen) atoms. The first kappa shape index (κ1) is 16.5. The van der Waals surface area contributed by atoms with Crippen molar-refractivity contribution in [2.45, 2.75) is 13.1 Å². The Kier molecular flexibility index (Phi) is 5.86. The van der Waals surface area contributed by atoms with Crippen molar-refractivity contribution in [2.75, 3.05) is 39.3 Å². The number of tetrazole rings is 1. The van der Waals surface area contributed by atoms with E-state index in [1.54, 1.807) is 0 Å². The van der Waals surface area contributed by atoms with E-state index < -0.39 is 0 Å². The summed E-state index contributed by atoms with van der Waals surface area (Å²) in [7, 11) is 0. The molecule has 1 aliphatic heterocycles. The van der Waals surface area contributed by atoms with Crippen LogP contribution < -0.4 is 5.32 Å². The molecule has 3 rings (SSSR count). The molecule has 1 aromatic heterocycles. The molecule has 2 aromatic rings. The molecule has 0 radical (unpaired) electrons. The summed E-state index contributed by atoms with van der Waals surface area (Å²) in [4.78, 5) is 16.6. The van der Waals surface area contributed by atoms with Crippen molar-refractivity contribution in [1.82, 2.24) is 35.3 Å². The molecule has 0 spiro atoms. The van der Waals surface area contributed by atoms with Gasteiger partial charge in [-0.3, -0.25) is 14.6 Å². The fraction of sp³-hybridized carbons (Fsp3) is 0.500. The summed E-state index contributed by atoms with van der Waals surface area (Å²) in [6, 6.07) is 10.6. The molecule has 1 fully saturated rings. The highest BCUT2D eigenvalue weighted by atomic mass is 16.2. The smallest absolute Gasteiger partial charge is 0.241 e. The van der Waals surface area contributed by atoms with Gasteiger partial charge in [0.2, 0.25) is 5.91 Å². The zero-order valence-corrected chi connectivity index (χ0v) is 13.7. The third-order valence-electron chi connectivity index (χ3n) is 4.16. The third-order valence-corrected chi connectivity index (χ3v) is 4.16. The second-order valence-corrected chi connectivity index (χ2v) is 5.96. The number of nitrogens with zero attached hydrogens (tertiary/aromatic N) is 6. The molecule has 1 amide bonds. The normalized spacial score (nSPS) is 16.2. The summed E-state index contributed by atoms with van der Waals surface area (Å²) < 4.78 is 1.41. The quantitative estimate of drug-likeness (QED) is 0.745. The molecule has 0 aliphatic carbocycles. The van der Waals surface area contributed by atoms with Gasteiger partial charge in [-0.25, -0.2) is 4.68 Å². The number of benzene rings is 1. The minimum Gasteiger partial charge on any atom is -0.353 e. The van der Waals surface area contributed by atoms with Gasteiger partial charge in [0.15, 0.2) is 0 Å². The second kappa shape index (κ2) is 8.51. The SMILES string of the molecule is O=C(Cn1cnnn1)NCCN1CCN(Cc2ccccc2)CC1. The lowest BCUT2D eigenvalue weighted by Gasteiger charge is -2.34. The summed E-state index contributed by atoms with van der Waals surface area (Å²) in [5.74, 6) is -0.0648. The fourth-order valence-corrected chi connectivity index (χ4v) is 2.82. The monoisotopic (exact) mass is 329 g/mol. The van der Waals surface area contributed by atoms with E-state index in [0.29, 0.717) is 6.54 Å². The van der Waals surface area contributed by atoms with Gasteiger partial charge >= 0.3 is 0 Å². The van der Waals surface area contributed by atoms with Crippen LogP contribution in [0, 0.1) is 0 Å². The van der Waals surface area contributed by atoms with Crippen LogP contribution in [0.1, 0.15) is 5.56 Å². The Balaban J connectivity index is 1.30. The van der Waals surface area contributed by atoms with Crippen LogP contribution in [0.25, 0.3) is 0 Å². The van der Waals surface area contributed by atoms with E-state index >= 15 is 0 Å². The van der Waals surface area contributed by atoms with Crippen LogP contribution >= 0.6 is 0 Å². The molecule has 1 saturated heterocycles. The number of nitrogens with one attached hydrogen (secondary N) is 1. The number of aromatic nitrogens is 4. The van der Waals surface area contributed by atoms with Gasteiger partial charge in [0, 0.05) is 45.8 Å². The molecule has 8 heteroatoms. The average molecular weight is 329 g/mol. The van der Waals surface area contributed by atoms with E-state index in [-0.39, 0.29) is 12.5 Å². The van der Waals surface area contributed by atoms with E-state index in [4.69, 9.17) is 0 Å². The minimum atomic E-state index is -0.0648. The van der Waals surface area contributed by atoms with Crippen LogP contribution in [0.3, 0.4) is 0 Å². The Labute approximate surface area is 141 Å². The summed E-state index contributed by atoms with van der Waals surface area (Å²) >= 11 is 0. The number of amides is 1. The molecule has 0 saturated carbocycles. The first-order valence-electron chi connectivity index (χ1n) is 8.26. The molecule has 2 heterocycles. The summed E-state index contributed by atoms with van der Waals surface area (Å²) in [5.41, 5.74) is 1.36. The molecule has 0 atom stereocenters. The number of carbonyl (C=O) groups is 1. The minimum absolute atomic E-state index is 0.0648. The second-order valence-electron chi connectivity index (χ2n) is 5.96. The zero-order chi connectivity index (χ0) is 16.6. The number of piperazine rings is 1. The Hall–Kier alpha value is -2.32. The third kappa shape index (κ3) is 5.10. The van der Waals surface area contributed by atoms with Crippen molar-refractivity contribution in [3.8, 4) is 0 Å². The maximum absolute atomic E-state index is 11.8. The summed E-state index contributed by atoms with van der Waals surface area (Å²) in [5, 5.41) is 13.6. The van der Waals surface area contributed by atoms with Gasteiger partial charge in [0.05, 0.1) is 0 Å².